The van der Waals surface area contributed by atoms with Gasteiger partial charge in [0.15, 0.2) is 0 Å². The lowest BCUT2D eigenvalue weighted by molar-refractivity contribution is 0.0630. The Kier molecular flexibility index (Phi) is 5.59. The van der Waals surface area contributed by atoms with Gasteiger partial charge in [0.2, 0.25) is 10.0 Å². The van der Waals surface area contributed by atoms with Gasteiger partial charge >= 0.3 is 0 Å². The van der Waals surface area contributed by atoms with Crippen LogP contribution in [-0.4, -0.2) is 56.6 Å². The second-order valence-corrected chi connectivity index (χ2v) is 8.99. The molecule has 1 amide bonds. The highest BCUT2D eigenvalue weighted by molar-refractivity contribution is 7.92. The number of hydrogen-bond acceptors (Lipinski definition) is 5. The van der Waals surface area contributed by atoms with Crippen LogP contribution in [0.5, 0.6) is 0 Å². The summed E-state index contributed by atoms with van der Waals surface area (Å²) in [5.41, 5.74) is 0.127. The van der Waals surface area contributed by atoms with Crippen molar-refractivity contribution in [3.63, 3.8) is 0 Å². The third kappa shape index (κ3) is 4.80. The summed E-state index contributed by atoms with van der Waals surface area (Å²) in [6, 6.07) is 7.58. The summed E-state index contributed by atoms with van der Waals surface area (Å²) in [6.45, 7) is 3.31. The van der Waals surface area contributed by atoms with E-state index in [1.54, 1.807) is 16.2 Å². The lowest BCUT2D eigenvalue weighted by Gasteiger charge is -2.34. The summed E-state index contributed by atoms with van der Waals surface area (Å²) in [6.07, 6.45) is 0.994. The van der Waals surface area contributed by atoms with Crippen molar-refractivity contribution in [1.29, 1.82) is 0 Å². The number of carbonyl (C=O) groups is 1. The van der Waals surface area contributed by atoms with E-state index in [0.29, 0.717) is 26.2 Å². The largest absolute Gasteiger partial charge is 0.336 e. The van der Waals surface area contributed by atoms with E-state index in [-0.39, 0.29) is 17.2 Å². The molecule has 9 heteroatoms. The Labute approximate surface area is 156 Å². The Morgan fingerprint density at radius 2 is 1.96 bits per heavy atom. The number of halogens is 1. The Morgan fingerprint density at radius 3 is 2.58 bits per heavy atom. The Hall–Kier alpha value is -1.97. The van der Waals surface area contributed by atoms with Crippen molar-refractivity contribution in [1.82, 2.24) is 9.80 Å². The SMILES string of the molecule is CS(=O)(=O)Nc1ccc(F)cc1C(=O)N1CCN(Cc2cccs2)CC1. The number of piperazine rings is 1. The van der Waals surface area contributed by atoms with Crippen LogP contribution in [0.4, 0.5) is 10.1 Å². The Balaban J connectivity index is 1.69. The molecule has 0 spiro atoms. The molecule has 1 N–H and O–H groups in total. The molecule has 6 nitrogen and oxygen atoms in total. The van der Waals surface area contributed by atoms with Crippen LogP contribution in [0.2, 0.25) is 0 Å². The average Bonchev–Trinajstić information content (AvgIpc) is 3.08. The zero-order chi connectivity index (χ0) is 18.7. The Bertz CT molecular complexity index is 877. The van der Waals surface area contributed by atoms with Gasteiger partial charge in [-0.2, -0.15) is 0 Å². The van der Waals surface area contributed by atoms with Gasteiger partial charge < -0.3 is 4.90 Å². The number of nitrogens with zero attached hydrogens (tertiary/aromatic N) is 2. The van der Waals surface area contributed by atoms with Gasteiger partial charge in [-0.15, -0.1) is 11.3 Å². The van der Waals surface area contributed by atoms with Crippen molar-refractivity contribution in [3.8, 4) is 0 Å². The monoisotopic (exact) mass is 397 g/mol. The van der Waals surface area contributed by atoms with E-state index in [9.17, 15) is 17.6 Å². The molecule has 3 rings (SSSR count). The molecule has 1 aromatic heterocycles. The maximum absolute atomic E-state index is 13.6. The van der Waals surface area contributed by atoms with Crippen LogP contribution in [0.25, 0.3) is 0 Å². The molecular formula is C17H20FN3O3S2. The van der Waals surface area contributed by atoms with Crippen LogP contribution in [0, 0.1) is 5.82 Å². The van der Waals surface area contributed by atoms with Crippen LogP contribution in [0.1, 0.15) is 15.2 Å². The smallest absolute Gasteiger partial charge is 0.256 e. The molecule has 1 saturated heterocycles. The van der Waals surface area contributed by atoms with Crippen LogP contribution < -0.4 is 4.72 Å². The number of hydrogen-bond donors (Lipinski definition) is 1. The summed E-state index contributed by atoms with van der Waals surface area (Å²) in [5, 5.41) is 2.04. The molecule has 2 aromatic rings. The Morgan fingerprint density at radius 1 is 1.23 bits per heavy atom. The molecule has 1 aliphatic heterocycles. The molecule has 0 radical (unpaired) electrons. The van der Waals surface area contributed by atoms with Crippen molar-refractivity contribution in [3.05, 3.63) is 52.0 Å². The number of thiophene rings is 1. The standard InChI is InChI=1S/C17H20FN3O3S2/c1-26(23,24)19-16-5-4-13(18)11-15(16)17(22)21-8-6-20(7-9-21)12-14-3-2-10-25-14/h2-5,10-11,19H,6-9,12H2,1H3. The van der Waals surface area contributed by atoms with Crippen molar-refractivity contribution in [2.24, 2.45) is 0 Å². The van der Waals surface area contributed by atoms with Gasteiger partial charge in [0, 0.05) is 37.6 Å². The minimum atomic E-state index is -3.56. The third-order valence-corrected chi connectivity index (χ3v) is 5.58. The lowest BCUT2D eigenvalue weighted by Crippen LogP contribution is -2.48. The molecule has 0 saturated carbocycles. The van der Waals surface area contributed by atoms with Crippen LogP contribution in [-0.2, 0) is 16.6 Å². The number of carbonyl (C=O) groups excluding carboxylic acids is 1. The van der Waals surface area contributed by atoms with Gasteiger partial charge in [-0.3, -0.25) is 14.4 Å². The number of amides is 1. The normalized spacial score (nSPS) is 15.8. The van der Waals surface area contributed by atoms with Crippen LogP contribution in [0.15, 0.2) is 35.7 Å². The number of nitrogens with one attached hydrogen (secondary N) is 1. The average molecular weight is 397 g/mol. The van der Waals surface area contributed by atoms with Crippen molar-refractivity contribution in [2.75, 3.05) is 37.2 Å². The van der Waals surface area contributed by atoms with E-state index in [0.717, 1.165) is 24.9 Å². The van der Waals surface area contributed by atoms with Crippen LogP contribution in [0.3, 0.4) is 0 Å². The zero-order valence-electron chi connectivity index (χ0n) is 14.3. The van der Waals surface area contributed by atoms with Crippen LogP contribution >= 0.6 is 11.3 Å². The van der Waals surface area contributed by atoms with Crippen molar-refractivity contribution < 1.29 is 17.6 Å². The minimum Gasteiger partial charge on any atom is -0.336 e. The molecule has 140 valence electrons. The predicted molar refractivity (Wildman–Crippen MR) is 100 cm³/mol. The number of anilines is 1. The fourth-order valence-corrected chi connectivity index (χ4v) is 4.21. The fraction of sp³-hybridized carbons (Fsp3) is 0.353. The highest BCUT2D eigenvalue weighted by atomic mass is 32.2. The number of sulfonamides is 1. The summed E-state index contributed by atoms with van der Waals surface area (Å²) in [7, 11) is -3.56. The van der Waals surface area contributed by atoms with E-state index in [4.69, 9.17) is 0 Å². The molecule has 0 atom stereocenters. The van der Waals surface area contributed by atoms with Crippen molar-refractivity contribution >= 4 is 33.0 Å². The molecular weight excluding hydrogens is 377 g/mol. The predicted octanol–water partition coefficient (Wildman–Crippen LogP) is 2.22. The first-order valence-electron chi connectivity index (χ1n) is 8.13. The maximum atomic E-state index is 13.6. The number of benzene rings is 1. The summed E-state index contributed by atoms with van der Waals surface area (Å²) in [5.74, 6) is -0.949. The van der Waals surface area contributed by atoms with Gasteiger partial charge in [0.25, 0.3) is 5.91 Å². The van der Waals surface area contributed by atoms with Gasteiger partial charge in [-0.25, -0.2) is 12.8 Å². The van der Waals surface area contributed by atoms with E-state index >= 15 is 0 Å². The van der Waals surface area contributed by atoms with Crippen molar-refractivity contribution in [2.45, 2.75) is 6.54 Å². The molecule has 0 aliphatic carbocycles. The van der Waals surface area contributed by atoms with E-state index in [1.165, 1.54) is 10.9 Å². The highest BCUT2D eigenvalue weighted by Crippen LogP contribution is 2.21. The van der Waals surface area contributed by atoms with E-state index in [2.05, 4.69) is 15.7 Å². The molecule has 1 fully saturated rings. The lowest BCUT2D eigenvalue weighted by atomic mass is 10.1. The fourth-order valence-electron chi connectivity index (χ4n) is 2.88. The molecule has 1 aromatic carbocycles. The summed E-state index contributed by atoms with van der Waals surface area (Å²) in [4.78, 5) is 18.0. The molecule has 1 aliphatic rings. The quantitative estimate of drug-likeness (QED) is 0.840. The first-order chi connectivity index (χ1) is 12.3. The number of rotatable bonds is 5. The molecule has 2 heterocycles. The van der Waals surface area contributed by atoms with E-state index < -0.39 is 15.8 Å². The van der Waals surface area contributed by atoms with Gasteiger partial charge in [0.1, 0.15) is 5.82 Å². The molecule has 26 heavy (non-hydrogen) atoms. The first-order valence-corrected chi connectivity index (χ1v) is 10.9. The van der Waals surface area contributed by atoms with Gasteiger partial charge in [-0.1, -0.05) is 6.07 Å². The van der Waals surface area contributed by atoms with Gasteiger partial charge in [0.05, 0.1) is 17.5 Å². The summed E-state index contributed by atoms with van der Waals surface area (Å²) < 4.78 is 38.9. The molecule has 0 bridgehead atoms. The topological polar surface area (TPSA) is 69.7 Å². The minimum absolute atomic E-state index is 0.0298. The highest BCUT2D eigenvalue weighted by Gasteiger charge is 2.25. The summed E-state index contributed by atoms with van der Waals surface area (Å²) >= 11 is 1.70. The first kappa shape index (κ1) is 18.8. The second kappa shape index (κ2) is 7.73. The second-order valence-electron chi connectivity index (χ2n) is 6.21. The zero-order valence-corrected chi connectivity index (χ0v) is 15.9. The molecule has 0 unspecified atom stereocenters. The third-order valence-electron chi connectivity index (χ3n) is 4.13. The van der Waals surface area contributed by atoms with Gasteiger partial charge in [-0.05, 0) is 29.6 Å². The van der Waals surface area contributed by atoms with E-state index in [1.807, 2.05) is 11.4 Å². The maximum Gasteiger partial charge on any atom is 0.256 e.